The molecule has 23 heavy (non-hydrogen) atoms. The zero-order valence-corrected chi connectivity index (χ0v) is 14.2. The van der Waals surface area contributed by atoms with Crippen LogP contribution in [0.2, 0.25) is 5.02 Å². The van der Waals surface area contributed by atoms with Crippen molar-refractivity contribution in [2.75, 3.05) is 5.32 Å². The number of rotatable bonds is 3. The second kappa shape index (κ2) is 6.43. The fraction of sp³-hybridized carbons (Fsp3) is 0.0714. The number of aromatic nitrogens is 5. The Hall–Kier alpha value is -2.32. The van der Waals surface area contributed by atoms with E-state index in [0.29, 0.717) is 26.8 Å². The summed E-state index contributed by atoms with van der Waals surface area (Å²) in [6.45, 7) is 1.74. The zero-order valence-electron chi connectivity index (χ0n) is 11.9. The van der Waals surface area contributed by atoms with E-state index in [9.17, 15) is 4.79 Å². The van der Waals surface area contributed by atoms with Crippen LogP contribution in [0.15, 0.2) is 41.3 Å². The van der Waals surface area contributed by atoms with Gasteiger partial charge in [-0.25, -0.2) is 14.6 Å². The van der Waals surface area contributed by atoms with Crippen LogP contribution in [0.25, 0.3) is 5.69 Å². The first-order chi connectivity index (χ1) is 11.1. The van der Waals surface area contributed by atoms with Gasteiger partial charge in [-0.1, -0.05) is 28.9 Å². The number of amides is 1. The molecular formula is C14H10BrClN6O. The summed E-state index contributed by atoms with van der Waals surface area (Å²) < 4.78 is 2.10. The van der Waals surface area contributed by atoms with Gasteiger partial charge in [0, 0.05) is 0 Å². The molecule has 0 saturated heterocycles. The van der Waals surface area contributed by atoms with Gasteiger partial charge in [0.05, 0.1) is 28.8 Å². The molecule has 2 heterocycles. The highest BCUT2D eigenvalue weighted by Gasteiger charge is 2.18. The van der Waals surface area contributed by atoms with Crippen LogP contribution in [-0.4, -0.2) is 30.9 Å². The molecule has 0 saturated carbocycles. The fourth-order valence-electron chi connectivity index (χ4n) is 1.94. The summed E-state index contributed by atoms with van der Waals surface area (Å²) in [5.74, 6) is -0.0951. The average molecular weight is 394 g/mol. The molecule has 9 heteroatoms. The van der Waals surface area contributed by atoms with Crippen LogP contribution in [0.4, 0.5) is 5.82 Å². The highest BCUT2D eigenvalue weighted by atomic mass is 79.9. The number of para-hydroxylation sites is 1. The van der Waals surface area contributed by atoms with E-state index in [4.69, 9.17) is 11.6 Å². The smallest absolute Gasteiger partial charge is 0.279 e. The van der Waals surface area contributed by atoms with Crippen molar-refractivity contribution in [3.05, 3.63) is 57.7 Å². The van der Waals surface area contributed by atoms with Crippen LogP contribution < -0.4 is 5.32 Å². The van der Waals surface area contributed by atoms with E-state index in [0.717, 1.165) is 0 Å². The third kappa shape index (κ3) is 3.22. The Morgan fingerprint density at radius 3 is 2.74 bits per heavy atom. The molecule has 0 fully saturated rings. The molecule has 1 N–H and O–H groups in total. The molecule has 3 rings (SSSR count). The topological polar surface area (TPSA) is 85.6 Å². The average Bonchev–Trinajstić information content (AvgIpc) is 2.92. The van der Waals surface area contributed by atoms with Gasteiger partial charge < -0.3 is 5.32 Å². The van der Waals surface area contributed by atoms with Gasteiger partial charge in [0.2, 0.25) is 0 Å². The number of nitrogens with zero attached hydrogens (tertiary/aromatic N) is 5. The molecular weight excluding hydrogens is 384 g/mol. The minimum Gasteiger partial charge on any atom is -0.304 e. The van der Waals surface area contributed by atoms with Gasteiger partial charge in [-0.2, -0.15) is 0 Å². The minimum atomic E-state index is -0.419. The standard InChI is InChI=1S/C14H10BrClN6O/c1-8-13(14(23)19-12-7-17-11(15)6-18-12)20-21-22(8)10-5-3-2-4-9(10)16/h2-7H,1H3,(H,18,19,23). The lowest BCUT2D eigenvalue weighted by Gasteiger charge is -2.06. The van der Waals surface area contributed by atoms with Crippen molar-refractivity contribution in [2.24, 2.45) is 0 Å². The number of benzene rings is 1. The monoisotopic (exact) mass is 392 g/mol. The Balaban J connectivity index is 1.88. The van der Waals surface area contributed by atoms with Crippen LogP contribution in [0.5, 0.6) is 0 Å². The Morgan fingerprint density at radius 1 is 1.26 bits per heavy atom. The number of nitrogens with one attached hydrogen (secondary N) is 1. The first kappa shape index (κ1) is 15.6. The van der Waals surface area contributed by atoms with Crippen molar-refractivity contribution in [3.8, 4) is 5.69 Å². The SMILES string of the molecule is Cc1c(C(=O)Nc2cnc(Br)cn2)nnn1-c1ccccc1Cl. The van der Waals surface area contributed by atoms with Crippen molar-refractivity contribution in [2.45, 2.75) is 6.92 Å². The molecule has 0 atom stereocenters. The number of carbonyl (C=O) groups excluding carboxylic acids is 1. The van der Waals surface area contributed by atoms with Crippen molar-refractivity contribution >= 4 is 39.3 Å². The lowest BCUT2D eigenvalue weighted by atomic mass is 10.3. The van der Waals surface area contributed by atoms with Gasteiger partial charge in [-0.15, -0.1) is 5.10 Å². The number of hydrogen-bond donors (Lipinski definition) is 1. The summed E-state index contributed by atoms with van der Waals surface area (Å²) in [5.41, 5.74) is 1.41. The number of halogens is 2. The van der Waals surface area contributed by atoms with E-state index >= 15 is 0 Å². The van der Waals surface area contributed by atoms with Crippen molar-refractivity contribution in [1.29, 1.82) is 0 Å². The molecule has 7 nitrogen and oxygen atoms in total. The predicted molar refractivity (Wildman–Crippen MR) is 88.8 cm³/mol. The normalized spacial score (nSPS) is 10.6. The van der Waals surface area contributed by atoms with Crippen molar-refractivity contribution in [1.82, 2.24) is 25.0 Å². The Kier molecular flexibility index (Phi) is 4.35. The summed E-state index contributed by atoms with van der Waals surface area (Å²) in [4.78, 5) is 20.3. The van der Waals surface area contributed by atoms with E-state index < -0.39 is 5.91 Å². The maximum absolute atomic E-state index is 12.3. The van der Waals surface area contributed by atoms with Crippen LogP contribution in [-0.2, 0) is 0 Å². The third-order valence-electron chi connectivity index (χ3n) is 3.05. The lowest BCUT2D eigenvalue weighted by Crippen LogP contribution is -2.15. The number of anilines is 1. The molecule has 0 spiro atoms. The van der Waals surface area contributed by atoms with Gasteiger partial charge in [0.25, 0.3) is 5.91 Å². The van der Waals surface area contributed by atoms with Crippen LogP contribution in [0.1, 0.15) is 16.2 Å². The zero-order chi connectivity index (χ0) is 16.4. The van der Waals surface area contributed by atoms with Crippen molar-refractivity contribution < 1.29 is 4.79 Å². The first-order valence-electron chi connectivity index (χ1n) is 6.52. The molecule has 2 aromatic heterocycles. The van der Waals surface area contributed by atoms with Gasteiger partial charge in [-0.3, -0.25) is 4.79 Å². The number of hydrogen-bond acceptors (Lipinski definition) is 5. The maximum Gasteiger partial charge on any atom is 0.279 e. The lowest BCUT2D eigenvalue weighted by molar-refractivity contribution is 0.102. The minimum absolute atomic E-state index is 0.189. The highest BCUT2D eigenvalue weighted by Crippen LogP contribution is 2.21. The molecule has 0 aliphatic heterocycles. The molecule has 0 aliphatic rings. The molecule has 0 unspecified atom stereocenters. The molecule has 1 amide bonds. The van der Waals surface area contributed by atoms with Gasteiger partial charge >= 0.3 is 0 Å². The summed E-state index contributed by atoms with van der Waals surface area (Å²) in [5, 5.41) is 11.1. The molecule has 3 aromatic rings. The van der Waals surface area contributed by atoms with Gasteiger partial charge in [0.15, 0.2) is 11.5 Å². The van der Waals surface area contributed by atoms with Gasteiger partial charge in [0.1, 0.15) is 4.60 Å². The molecule has 0 radical (unpaired) electrons. The molecule has 0 bridgehead atoms. The van der Waals surface area contributed by atoms with Crippen molar-refractivity contribution in [3.63, 3.8) is 0 Å². The Bertz CT molecular complexity index is 864. The summed E-state index contributed by atoms with van der Waals surface area (Å²) in [7, 11) is 0. The quantitative estimate of drug-likeness (QED) is 0.739. The van der Waals surface area contributed by atoms with E-state index in [2.05, 4.69) is 41.5 Å². The predicted octanol–water partition coefficient (Wildman–Crippen LogP) is 3.03. The molecule has 0 aliphatic carbocycles. The van der Waals surface area contributed by atoms with E-state index in [1.165, 1.54) is 17.1 Å². The highest BCUT2D eigenvalue weighted by molar-refractivity contribution is 9.10. The first-order valence-corrected chi connectivity index (χ1v) is 7.69. The van der Waals surface area contributed by atoms with E-state index in [-0.39, 0.29) is 5.69 Å². The Labute approximate surface area is 144 Å². The molecule has 116 valence electrons. The van der Waals surface area contributed by atoms with Gasteiger partial charge in [-0.05, 0) is 35.0 Å². The molecule has 1 aromatic carbocycles. The fourth-order valence-corrected chi connectivity index (χ4v) is 2.36. The largest absolute Gasteiger partial charge is 0.304 e. The summed E-state index contributed by atoms with van der Waals surface area (Å²) in [6, 6.07) is 7.19. The summed E-state index contributed by atoms with van der Waals surface area (Å²) >= 11 is 9.33. The van der Waals surface area contributed by atoms with Crippen LogP contribution >= 0.6 is 27.5 Å². The second-order valence-corrected chi connectivity index (χ2v) is 5.78. The maximum atomic E-state index is 12.3. The van der Waals surface area contributed by atoms with E-state index in [1.807, 2.05) is 12.1 Å². The van der Waals surface area contributed by atoms with Crippen LogP contribution in [0.3, 0.4) is 0 Å². The van der Waals surface area contributed by atoms with E-state index in [1.54, 1.807) is 19.1 Å². The Morgan fingerprint density at radius 2 is 2.04 bits per heavy atom. The second-order valence-electron chi connectivity index (χ2n) is 4.57. The number of carbonyl (C=O) groups is 1. The summed E-state index contributed by atoms with van der Waals surface area (Å²) in [6.07, 6.45) is 2.93. The third-order valence-corrected chi connectivity index (χ3v) is 3.78. The van der Waals surface area contributed by atoms with Crippen LogP contribution in [0, 0.1) is 6.92 Å².